The van der Waals surface area contributed by atoms with E-state index in [2.05, 4.69) is 12.2 Å². The Balaban J connectivity index is 2.13. The lowest BCUT2D eigenvalue weighted by Crippen LogP contribution is -2.49. The fourth-order valence-electron chi connectivity index (χ4n) is 2.99. The monoisotopic (exact) mass is 430 g/mol. The molecule has 0 aliphatic rings. The summed E-state index contributed by atoms with van der Waals surface area (Å²) >= 11 is 5.98. The van der Waals surface area contributed by atoms with Crippen molar-refractivity contribution in [3.05, 3.63) is 64.2 Å². The van der Waals surface area contributed by atoms with Gasteiger partial charge in [-0.3, -0.25) is 9.59 Å². The second kappa shape index (κ2) is 11.6. The summed E-state index contributed by atoms with van der Waals surface area (Å²) in [5.74, 6) is 0.261. The van der Waals surface area contributed by atoms with Gasteiger partial charge in [-0.25, -0.2) is 0 Å². The molecular formula is C24H31ClN2O3. The van der Waals surface area contributed by atoms with Crippen molar-refractivity contribution in [1.82, 2.24) is 10.2 Å². The molecule has 2 aromatic carbocycles. The smallest absolute Gasteiger partial charge is 0.261 e. The first-order chi connectivity index (χ1) is 14.3. The molecule has 1 atom stereocenters. The fraction of sp³-hybridized carbons (Fsp3) is 0.417. The zero-order chi connectivity index (χ0) is 22.1. The standard InChI is InChI=1S/C24H31ClN2O3/c1-5-6-13-26-24(29)19(4)27(15-20-9-11-21(25)12-10-20)23(28)16-30-22-14-17(2)7-8-18(22)3/h7-12,14,19H,5-6,13,15-16H2,1-4H3,(H,26,29)/t19-/m0/s1. The first kappa shape index (κ1) is 23.7. The molecule has 0 aliphatic heterocycles. The number of nitrogens with zero attached hydrogens (tertiary/aromatic N) is 1. The summed E-state index contributed by atoms with van der Waals surface area (Å²) in [6.07, 6.45) is 1.89. The number of rotatable bonds is 10. The number of carbonyl (C=O) groups is 2. The van der Waals surface area contributed by atoms with Gasteiger partial charge in [0.2, 0.25) is 5.91 Å². The van der Waals surface area contributed by atoms with Crippen molar-refractivity contribution in [2.24, 2.45) is 0 Å². The minimum atomic E-state index is -0.618. The molecule has 1 N–H and O–H groups in total. The van der Waals surface area contributed by atoms with Crippen LogP contribution in [0, 0.1) is 13.8 Å². The highest BCUT2D eigenvalue weighted by Gasteiger charge is 2.26. The Bertz CT molecular complexity index is 852. The van der Waals surface area contributed by atoms with Crippen LogP contribution in [0.2, 0.25) is 5.02 Å². The Morgan fingerprint density at radius 3 is 2.50 bits per heavy atom. The van der Waals surface area contributed by atoms with Gasteiger partial charge in [0.1, 0.15) is 11.8 Å². The van der Waals surface area contributed by atoms with Crippen LogP contribution >= 0.6 is 11.6 Å². The summed E-state index contributed by atoms with van der Waals surface area (Å²) in [4.78, 5) is 27.2. The van der Waals surface area contributed by atoms with Gasteiger partial charge >= 0.3 is 0 Å². The molecule has 0 aromatic heterocycles. The molecule has 0 heterocycles. The van der Waals surface area contributed by atoms with E-state index in [0.717, 1.165) is 29.5 Å². The molecule has 2 aromatic rings. The maximum Gasteiger partial charge on any atom is 0.261 e. The summed E-state index contributed by atoms with van der Waals surface area (Å²) in [5, 5.41) is 3.53. The van der Waals surface area contributed by atoms with Gasteiger partial charge in [-0.2, -0.15) is 0 Å². The van der Waals surface area contributed by atoms with E-state index in [-0.39, 0.29) is 18.4 Å². The van der Waals surface area contributed by atoms with Crippen molar-refractivity contribution < 1.29 is 14.3 Å². The normalized spacial score (nSPS) is 11.6. The largest absolute Gasteiger partial charge is 0.483 e. The van der Waals surface area contributed by atoms with Gasteiger partial charge in [0, 0.05) is 18.1 Å². The number of hydrogen-bond donors (Lipinski definition) is 1. The van der Waals surface area contributed by atoms with Crippen molar-refractivity contribution in [3.8, 4) is 5.75 Å². The highest BCUT2D eigenvalue weighted by Crippen LogP contribution is 2.20. The maximum atomic E-state index is 13.1. The van der Waals surface area contributed by atoms with E-state index in [0.29, 0.717) is 23.9 Å². The zero-order valence-electron chi connectivity index (χ0n) is 18.2. The van der Waals surface area contributed by atoms with Gasteiger partial charge in [-0.15, -0.1) is 0 Å². The molecule has 30 heavy (non-hydrogen) atoms. The number of halogens is 1. The van der Waals surface area contributed by atoms with Crippen LogP contribution in [0.25, 0.3) is 0 Å². The SMILES string of the molecule is CCCCNC(=O)[C@H](C)N(Cc1ccc(Cl)cc1)C(=O)COc1cc(C)ccc1C. The van der Waals surface area contributed by atoms with E-state index in [1.165, 1.54) is 0 Å². The Morgan fingerprint density at radius 1 is 1.13 bits per heavy atom. The number of carbonyl (C=O) groups excluding carboxylic acids is 2. The summed E-state index contributed by atoms with van der Waals surface area (Å²) in [6, 6.07) is 12.5. The third-order valence-electron chi connectivity index (χ3n) is 4.96. The van der Waals surface area contributed by atoms with E-state index in [1.54, 1.807) is 24.0 Å². The maximum absolute atomic E-state index is 13.1. The molecule has 0 saturated carbocycles. The molecule has 0 unspecified atom stereocenters. The van der Waals surface area contributed by atoms with Crippen molar-refractivity contribution in [2.45, 2.75) is 53.1 Å². The molecule has 162 valence electrons. The van der Waals surface area contributed by atoms with Crippen molar-refractivity contribution in [2.75, 3.05) is 13.2 Å². The van der Waals surface area contributed by atoms with Crippen LogP contribution < -0.4 is 10.1 Å². The third kappa shape index (κ3) is 7.06. The first-order valence-electron chi connectivity index (χ1n) is 10.3. The molecule has 0 bridgehead atoms. The average Bonchev–Trinajstić information content (AvgIpc) is 2.73. The van der Waals surface area contributed by atoms with Gasteiger partial charge in [-0.05, 0) is 62.1 Å². The van der Waals surface area contributed by atoms with E-state index < -0.39 is 6.04 Å². The quantitative estimate of drug-likeness (QED) is 0.557. The summed E-state index contributed by atoms with van der Waals surface area (Å²) in [5.41, 5.74) is 2.92. The topological polar surface area (TPSA) is 58.6 Å². The van der Waals surface area contributed by atoms with Crippen LogP contribution in [0.15, 0.2) is 42.5 Å². The fourth-order valence-corrected chi connectivity index (χ4v) is 3.12. The Kier molecular flexibility index (Phi) is 9.18. The molecular weight excluding hydrogens is 400 g/mol. The van der Waals surface area contributed by atoms with E-state index in [1.807, 2.05) is 44.2 Å². The number of benzene rings is 2. The van der Waals surface area contributed by atoms with Crippen LogP contribution in [0.1, 0.15) is 43.4 Å². The predicted molar refractivity (Wildman–Crippen MR) is 121 cm³/mol. The van der Waals surface area contributed by atoms with Gasteiger partial charge in [0.15, 0.2) is 6.61 Å². The number of unbranched alkanes of at least 4 members (excludes halogenated alkanes) is 1. The van der Waals surface area contributed by atoms with Gasteiger partial charge < -0.3 is 15.0 Å². The molecule has 2 rings (SSSR count). The number of nitrogens with one attached hydrogen (secondary N) is 1. The van der Waals surface area contributed by atoms with Gasteiger partial charge in [-0.1, -0.05) is 49.2 Å². The van der Waals surface area contributed by atoms with Gasteiger partial charge in [0.25, 0.3) is 5.91 Å². The Hall–Kier alpha value is -2.53. The number of ether oxygens (including phenoxy) is 1. The summed E-state index contributed by atoms with van der Waals surface area (Å²) in [7, 11) is 0. The second-order valence-electron chi connectivity index (χ2n) is 7.53. The lowest BCUT2D eigenvalue weighted by Gasteiger charge is -2.29. The number of aryl methyl sites for hydroxylation is 2. The number of hydrogen-bond acceptors (Lipinski definition) is 3. The minimum Gasteiger partial charge on any atom is -0.483 e. The summed E-state index contributed by atoms with van der Waals surface area (Å²) < 4.78 is 5.80. The van der Waals surface area contributed by atoms with Crippen molar-refractivity contribution >= 4 is 23.4 Å². The van der Waals surface area contributed by atoms with Crippen molar-refractivity contribution in [1.29, 1.82) is 0 Å². The van der Waals surface area contributed by atoms with E-state index in [9.17, 15) is 9.59 Å². The molecule has 0 spiro atoms. The first-order valence-corrected chi connectivity index (χ1v) is 10.7. The highest BCUT2D eigenvalue weighted by atomic mass is 35.5. The summed E-state index contributed by atoms with van der Waals surface area (Å²) in [6.45, 7) is 8.49. The van der Waals surface area contributed by atoms with Gasteiger partial charge in [0.05, 0.1) is 0 Å². The third-order valence-corrected chi connectivity index (χ3v) is 5.21. The van der Waals surface area contributed by atoms with Crippen LogP contribution in [-0.2, 0) is 16.1 Å². The molecule has 6 heteroatoms. The molecule has 5 nitrogen and oxygen atoms in total. The second-order valence-corrected chi connectivity index (χ2v) is 7.96. The predicted octanol–water partition coefficient (Wildman–Crippen LogP) is 4.67. The molecule has 0 saturated heterocycles. The minimum absolute atomic E-state index is 0.134. The van der Waals surface area contributed by atoms with Crippen LogP contribution in [0.4, 0.5) is 0 Å². The molecule has 0 aliphatic carbocycles. The van der Waals surface area contributed by atoms with Crippen LogP contribution in [0.5, 0.6) is 5.75 Å². The average molecular weight is 431 g/mol. The Labute approximate surface area is 184 Å². The lowest BCUT2D eigenvalue weighted by atomic mass is 10.1. The Morgan fingerprint density at radius 2 is 1.83 bits per heavy atom. The van der Waals surface area contributed by atoms with Crippen LogP contribution in [0.3, 0.4) is 0 Å². The molecule has 0 fully saturated rings. The molecule has 2 amide bonds. The zero-order valence-corrected chi connectivity index (χ0v) is 19.0. The lowest BCUT2D eigenvalue weighted by molar-refractivity contribution is -0.142. The van der Waals surface area contributed by atoms with E-state index in [4.69, 9.17) is 16.3 Å². The van der Waals surface area contributed by atoms with Crippen LogP contribution in [-0.4, -0.2) is 35.9 Å². The van der Waals surface area contributed by atoms with Crippen molar-refractivity contribution in [3.63, 3.8) is 0 Å². The molecule has 0 radical (unpaired) electrons. The highest BCUT2D eigenvalue weighted by molar-refractivity contribution is 6.30. The van der Waals surface area contributed by atoms with E-state index >= 15 is 0 Å². The number of amides is 2.